The molecule has 0 radical (unpaired) electrons. The molecule has 4 aromatic rings. The minimum absolute atomic E-state index is 0.136. The summed E-state index contributed by atoms with van der Waals surface area (Å²) in [6.07, 6.45) is 12.2. The monoisotopic (exact) mass is 551 g/mol. The van der Waals surface area contributed by atoms with Crippen LogP contribution in [0.4, 0.5) is 0 Å². The van der Waals surface area contributed by atoms with Gasteiger partial charge in [0.15, 0.2) is 0 Å². The number of carboxylic acid groups (broad SMARTS) is 2. The zero-order chi connectivity index (χ0) is 28.7. The van der Waals surface area contributed by atoms with E-state index in [0.29, 0.717) is 19.6 Å². The van der Waals surface area contributed by atoms with Crippen LogP contribution in [0.3, 0.4) is 0 Å². The number of fused-ring (bicyclic) bond motifs is 1. The molecule has 1 aliphatic rings. The summed E-state index contributed by atoms with van der Waals surface area (Å²) in [5.74, 6) is -0.126. The number of nitrogens with zero attached hydrogens (tertiary/aromatic N) is 1. The molecule has 0 amide bonds. The number of aliphatic carboxylic acids is 2. The molecule has 0 unspecified atom stereocenters. The summed E-state index contributed by atoms with van der Waals surface area (Å²) in [5.41, 5.74) is 3.50. The minimum Gasteiger partial charge on any atom is -0.490 e. The Morgan fingerprint density at radius 2 is 1.49 bits per heavy atom. The zero-order valence-corrected chi connectivity index (χ0v) is 22.7. The van der Waals surface area contributed by atoms with Gasteiger partial charge in [-0.05, 0) is 77.8 Å². The first-order valence-corrected chi connectivity index (χ1v) is 13.7. The summed E-state index contributed by atoms with van der Waals surface area (Å²) >= 11 is 0. The van der Waals surface area contributed by atoms with Crippen LogP contribution in [0.15, 0.2) is 91.1 Å². The Kier molecular flexibility index (Phi) is 8.53. The first-order chi connectivity index (χ1) is 19.9. The standard InChI is InChI=1S/C34H33NO6/c36-31(37)22-34(17-18-34)21-27-23-35(24-32(38)39)33-26(7-6-10-30(27)33)14-11-25-12-15-29(16-13-25)41-20-5-4-19-40-28-8-2-1-3-9-28/h1-16,23H,17-22,24H2,(H,36,37)(H,38,39). The van der Waals surface area contributed by atoms with Crippen molar-refractivity contribution in [3.05, 3.63) is 108 Å². The van der Waals surface area contributed by atoms with Gasteiger partial charge in [0.1, 0.15) is 31.3 Å². The molecule has 41 heavy (non-hydrogen) atoms. The van der Waals surface area contributed by atoms with Gasteiger partial charge in [-0.25, -0.2) is 0 Å². The molecule has 1 saturated carbocycles. The number of carbonyl (C=O) groups is 2. The van der Waals surface area contributed by atoms with Gasteiger partial charge in [0.05, 0.1) is 11.9 Å². The fraction of sp³-hybridized carbons (Fsp3) is 0.235. The highest BCUT2D eigenvalue weighted by molar-refractivity contribution is 5.94. The maximum atomic E-state index is 11.6. The van der Waals surface area contributed by atoms with Crippen LogP contribution in [-0.2, 0) is 22.6 Å². The lowest BCUT2D eigenvalue weighted by Crippen LogP contribution is -2.11. The summed E-state index contributed by atoms with van der Waals surface area (Å²) in [6, 6.07) is 23.3. The topological polar surface area (TPSA) is 98.0 Å². The van der Waals surface area contributed by atoms with Crippen LogP contribution < -0.4 is 9.47 Å². The highest BCUT2D eigenvalue weighted by Gasteiger charge is 2.44. The number of rotatable bonds is 14. The van der Waals surface area contributed by atoms with Crippen LogP contribution in [0.5, 0.6) is 11.5 Å². The number of carboxylic acids is 2. The van der Waals surface area contributed by atoms with Gasteiger partial charge in [0, 0.05) is 11.6 Å². The number of aromatic nitrogens is 1. The second kappa shape index (κ2) is 12.6. The third kappa shape index (κ3) is 7.45. The maximum absolute atomic E-state index is 11.6. The van der Waals surface area contributed by atoms with Crippen LogP contribution in [-0.4, -0.2) is 39.9 Å². The van der Waals surface area contributed by atoms with Crippen LogP contribution in [0, 0.1) is 5.41 Å². The molecule has 0 spiro atoms. The molecule has 0 aliphatic heterocycles. The van der Waals surface area contributed by atoms with Crippen molar-refractivity contribution in [2.75, 3.05) is 13.2 Å². The molecule has 1 heterocycles. The Balaban J connectivity index is 1.24. The molecule has 7 heteroatoms. The van der Waals surface area contributed by atoms with E-state index >= 15 is 0 Å². The molecule has 0 bridgehead atoms. The molecule has 0 saturated heterocycles. The van der Waals surface area contributed by atoms with Crippen molar-refractivity contribution in [2.24, 2.45) is 5.41 Å². The first kappa shape index (κ1) is 27.8. The van der Waals surface area contributed by atoms with Crippen molar-refractivity contribution < 1.29 is 29.3 Å². The van der Waals surface area contributed by atoms with Crippen molar-refractivity contribution in [1.82, 2.24) is 4.57 Å². The van der Waals surface area contributed by atoms with E-state index in [-0.39, 0.29) is 18.4 Å². The van der Waals surface area contributed by atoms with E-state index in [1.165, 1.54) is 0 Å². The molecular weight excluding hydrogens is 518 g/mol. The van der Waals surface area contributed by atoms with E-state index in [0.717, 1.165) is 51.9 Å². The molecule has 1 aliphatic carbocycles. The third-order valence-corrected chi connectivity index (χ3v) is 7.30. The fourth-order valence-corrected chi connectivity index (χ4v) is 5.13. The smallest absolute Gasteiger partial charge is 0.323 e. The lowest BCUT2D eigenvalue weighted by atomic mass is 9.92. The van der Waals surface area contributed by atoms with Crippen LogP contribution in [0.2, 0.25) is 0 Å². The van der Waals surface area contributed by atoms with Crippen LogP contribution in [0.1, 0.15) is 36.0 Å². The van der Waals surface area contributed by atoms with Crippen molar-refractivity contribution in [2.45, 2.75) is 32.2 Å². The van der Waals surface area contributed by atoms with Gasteiger partial charge in [-0.2, -0.15) is 0 Å². The van der Waals surface area contributed by atoms with E-state index < -0.39 is 11.9 Å². The Morgan fingerprint density at radius 1 is 0.805 bits per heavy atom. The zero-order valence-electron chi connectivity index (χ0n) is 22.7. The van der Waals surface area contributed by atoms with Crippen molar-refractivity contribution in [1.29, 1.82) is 0 Å². The Hall–Kier alpha value is -4.78. The summed E-state index contributed by atoms with van der Waals surface area (Å²) in [4.78, 5) is 23.0. The quantitative estimate of drug-likeness (QED) is 0.134. The molecule has 2 N–H and O–H groups in total. The van der Waals surface area contributed by atoms with Gasteiger partial charge in [-0.1, -0.05) is 60.7 Å². The second-order valence-electron chi connectivity index (χ2n) is 10.5. The number of hydrogen-bond donors (Lipinski definition) is 2. The van der Waals surface area contributed by atoms with Crippen LogP contribution >= 0.6 is 0 Å². The molecule has 1 fully saturated rings. The van der Waals surface area contributed by atoms with E-state index in [2.05, 4.69) is 0 Å². The normalized spacial score (nSPS) is 14.0. The molecule has 5 rings (SSSR count). The number of benzene rings is 3. The molecule has 1 aromatic heterocycles. The largest absolute Gasteiger partial charge is 0.490 e. The molecule has 3 aromatic carbocycles. The van der Waals surface area contributed by atoms with Gasteiger partial charge in [0.25, 0.3) is 0 Å². The van der Waals surface area contributed by atoms with Gasteiger partial charge in [0.2, 0.25) is 0 Å². The SMILES string of the molecule is O=C(O)Cn1cc(CC2(CC(=O)O)CC2)c2cccc(C=Cc3ccc(OCC=CCOc4ccccc4)cc3)c21. The molecule has 7 nitrogen and oxygen atoms in total. The minimum atomic E-state index is -0.923. The van der Waals surface area contributed by atoms with Crippen molar-refractivity contribution >= 4 is 35.0 Å². The van der Waals surface area contributed by atoms with Gasteiger partial charge >= 0.3 is 11.9 Å². The van der Waals surface area contributed by atoms with E-state index in [4.69, 9.17) is 9.47 Å². The Morgan fingerprint density at radius 3 is 2.12 bits per heavy atom. The van der Waals surface area contributed by atoms with Gasteiger partial charge < -0.3 is 24.3 Å². The lowest BCUT2D eigenvalue weighted by molar-refractivity contribution is -0.139. The van der Waals surface area contributed by atoms with Gasteiger partial charge in [-0.3, -0.25) is 9.59 Å². The third-order valence-electron chi connectivity index (χ3n) is 7.30. The van der Waals surface area contributed by atoms with Crippen LogP contribution in [0.25, 0.3) is 23.1 Å². The predicted molar refractivity (Wildman–Crippen MR) is 159 cm³/mol. The average Bonchev–Trinajstić information content (AvgIpc) is 3.62. The van der Waals surface area contributed by atoms with Gasteiger partial charge in [-0.15, -0.1) is 0 Å². The van der Waals surface area contributed by atoms with E-state index in [1.54, 1.807) is 4.57 Å². The Labute approximate surface area is 239 Å². The molecular formula is C34H33NO6. The highest BCUT2D eigenvalue weighted by atomic mass is 16.5. The summed E-state index contributed by atoms with van der Waals surface area (Å²) in [6.45, 7) is 0.753. The fourth-order valence-electron chi connectivity index (χ4n) is 5.13. The predicted octanol–water partition coefficient (Wildman–Crippen LogP) is 6.71. The summed E-state index contributed by atoms with van der Waals surface area (Å²) < 4.78 is 13.2. The highest BCUT2D eigenvalue weighted by Crippen LogP contribution is 2.52. The second-order valence-corrected chi connectivity index (χ2v) is 10.5. The van der Waals surface area contributed by atoms with E-state index in [1.807, 2.05) is 103 Å². The lowest BCUT2D eigenvalue weighted by Gasteiger charge is -2.11. The molecule has 0 atom stereocenters. The summed E-state index contributed by atoms with van der Waals surface area (Å²) in [7, 11) is 0. The maximum Gasteiger partial charge on any atom is 0.323 e. The number of hydrogen-bond acceptors (Lipinski definition) is 4. The average molecular weight is 552 g/mol. The Bertz CT molecular complexity index is 1560. The first-order valence-electron chi connectivity index (χ1n) is 13.7. The van der Waals surface area contributed by atoms with Crippen molar-refractivity contribution in [3.63, 3.8) is 0 Å². The molecule has 210 valence electrons. The van der Waals surface area contributed by atoms with Crippen molar-refractivity contribution in [3.8, 4) is 11.5 Å². The van der Waals surface area contributed by atoms with E-state index in [9.17, 15) is 19.8 Å². The number of ether oxygens (including phenoxy) is 2. The number of para-hydroxylation sites is 2. The summed E-state index contributed by atoms with van der Waals surface area (Å²) in [5, 5.41) is 19.9.